The molecule has 0 fully saturated rings. The van der Waals surface area contributed by atoms with Crippen molar-refractivity contribution in [3.8, 4) is 6.07 Å². The average molecular weight is 327 g/mol. The van der Waals surface area contributed by atoms with Gasteiger partial charge in [0.2, 0.25) is 5.91 Å². The van der Waals surface area contributed by atoms with Crippen molar-refractivity contribution in [3.05, 3.63) is 34.9 Å². The van der Waals surface area contributed by atoms with Crippen molar-refractivity contribution in [2.75, 3.05) is 5.75 Å². The lowest BCUT2D eigenvalue weighted by molar-refractivity contribution is -0.119. The summed E-state index contributed by atoms with van der Waals surface area (Å²) in [6, 6.07) is 8.29. The molecule has 2 aromatic rings. The van der Waals surface area contributed by atoms with Crippen LogP contribution in [-0.4, -0.2) is 22.7 Å². The molecule has 0 unspecified atom stereocenters. The highest BCUT2D eigenvalue weighted by Crippen LogP contribution is 2.28. The second-order valence-corrected chi connectivity index (χ2v) is 6.68. The number of amides is 1. The molecule has 1 N–H and O–H groups in total. The summed E-state index contributed by atoms with van der Waals surface area (Å²) in [4.78, 5) is 16.6. The number of carbonyl (C=O) groups is 1. The minimum absolute atomic E-state index is 0.0314. The smallest absolute Gasteiger partial charge is 0.230 e. The Kier molecular flexibility index (Phi) is 5.62. The zero-order valence-corrected chi connectivity index (χ0v) is 14.8. The number of pyridine rings is 1. The summed E-state index contributed by atoms with van der Waals surface area (Å²) in [7, 11) is 0. The van der Waals surface area contributed by atoms with Crippen LogP contribution in [0.15, 0.2) is 23.2 Å². The lowest BCUT2D eigenvalue weighted by atomic mass is 10.0. The molecule has 5 heteroatoms. The molecule has 4 nitrogen and oxygen atoms in total. The zero-order valence-electron chi connectivity index (χ0n) is 13.9. The van der Waals surface area contributed by atoms with E-state index in [1.165, 1.54) is 11.8 Å². The normalized spacial score (nSPS) is 12.0. The number of aromatic nitrogens is 1. The zero-order chi connectivity index (χ0) is 17.0. The molecule has 0 spiro atoms. The highest BCUT2D eigenvalue weighted by molar-refractivity contribution is 8.00. The fourth-order valence-electron chi connectivity index (χ4n) is 2.26. The highest BCUT2D eigenvalue weighted by Gasteiger charge is 2.13. The Labute approximate surface area is 141 Å². The SMILES string of the molecule is CC[C@H](C)NC(=O)CSc1nc2c(C)ccc(C)c2cc1C#N. The third-order valence-electron chi connectivity index (χ3n) is 3.85. The van der Waals surface area contributed by atoms with E-state index in [-0.39, 0.29) is 17.7 Å². The van der Waals surface area contributed by atoms with Gasteiger partial charge in [-0.3, -0.25) is 4.79 Å². The fraction of sp³-hybridized carbons (Fsp3) is 0.389. The van der Waals surface area contributed by atoms with Crippen LogP contribution >= 0.6 is 11.8 Å². The Morgan fingerprint density at radius 2 is 2.09 bits per heavy atom. The Bertz CT molecular complexity index is 780. The lowest BCUT2D eigenvalue weighted by Crippen LogP contribution is -2.33. The molecule has 1 amide bonds. The van der Waals surface area contributed by atoms with Crippen LogP contribution in [0.4, 0.5) is 0 Å². The van der Waals surface area contributed by atoms with E-state index >= 15 is 0 Å². The first-order chi connectivity index (χ1) is 11.0. The number of nitrogens with one attached hydrogen (secondary N) is 1. The van der Waals surface area contributed by atoms with Gasteiger partial charge in [0.15, 0.2) is 0 Å². The van der Waals surface area contributed by atoms with Crippen molar-refractivity contribution < 1.29 is 4.79 Å². The van der Waals surface area contributed by atoms with Crippen molar-refractivity contribution in [1.29, 1.82) is 5.26 Å². The fourth-order valence-corrected chi connectivity index (χ4v) is 3.03. The molecule has 0 aliphatic rings. The van der Waals surface area contributed by atoms with Crippen LogP contribution in [0.3, 0.4) is 0 Å². The number of aryl methyl sites for hydroxylation is 2. The minimum atomic E-state index is -0.0314. The van der Waals surface area contributed by atoms with Gasteiger partial charge in [-0.1, -0.05) is 30.8 Å². The number of fused-ring (bicyclic) bond motifs is 1. The van der Waals surface area contributed by atoms with Gasteiger partial charge in [-0.25, -0.2) is 4.98 Å². The Hall–Kier alpha value is -2.06. The van der Waals surface area contributed by atoms with Gasteiger partial charge in [-0.15, -0.1) is 0 Å². The van der Waals surface area contributed by atoms with E-state index in [1.807, 2.05) is 45.9 Å². The number of nitrogens with zero attached hydrogens (tertiary/aromatic N) is 2. The van der Waals surface area contributed by atoms with E-state index in [1.54, 1.807) is 0 Å². The van der Waals surface area contributed by atoms with Crippen LogP contribution in [0, 0.1) is 25.2 Å². The first kappa shape index (κ1) is 17.3. The number of benzene rings is 1. The summed E-state index contributed by atoms with van der Waals surface area (Å²) in [6.07, 6.45) is 0.895. The first-order valence-electron chi connectivity index (χ1n) is 7.69. The van der Waals surface area contributed by atoms with E-state index in [9.17, 15) is 10.1 Å². The first-order valence-corrected chi connectivity index (χ1v) is 8.68. The standard InChI is InChI=1S/C18H21N3OS/c1-5-13(4)20-16(22)10-23-18-14(9-19)8-15-11(2)6-7-12(3)17(15)21-18/h6-8,13H,5,10H2,1-4H3,(H,20,22)/t13-/m0/s1. The molecule has 0 bridgehead atoms. The third kappa shape index (κ3) is 4.02. The molecule has 23 heavy (non-hydrogen) atoms. The second kappa shape index (κ2) is 7.47. The predicted octanol–water partition coefficient (Wildman–Crippen LogP) is 3.73. The average Bonchev–Trinajstić information content (AvgIpc) is 2.55. The van der Waals surface area contributed by atoms with E-state index < -0.39 is 0 Å². The maximum atomic E-state index is 11.9. The van der Waals surface area contributed by atoms with Gasteiger partial charge in [0.1, 0.15) is 11.1 Å². The quantitative estimate of drug-likeness (QED) is 0.850. The summed E-state index contributed by atoms with van der Waals surface area (Å²) in [6.45, 7) is 8.02. The van der Waals surface area contributed by atoms with E-state index in [0.29, 0.717) is 10.6 Å². The van der Waals surface area contributed by atoms with Crippen molar-refractivity contribution in [3.63, 3.8) is 0 Å². The van der Waals surface area contributed by atoms with Gasteiger partial charge in [0.05, 0.1) is 16.8 Å². The molecule has 2 rings (SSSR count). The van der Waals surface area contributed by atoms with Crippen LogP contribution in [0.25, 0.3) is 10.9 Å². The van der Waals surface area contributed by atoms with E-state index in [2.05, 4.69) is 16.4 Å². The van der Waals surface area contributed by atoms with E-state index in [0.717, 1.165) is 28.5 Å². The van der Waals surface area contributed by atoms with Gasteiger partial charge in [0, 0.05) is 11.4 Å². The lowest BCUT2D eigenvalue weighted by Gasteiger charge is -2.12. The molecule has 0 aliphatic carbocycles. The monoisotopic (exact) mass is 327 g/mol. The van der Waals surface area contributed by atoms with Gasteiger partial charge in [-0.2, -0.15) is 5.26 Å². The van der Waals surface area contributed by atoms with Crippen molar-refractivity contribution in [2.45, 2.75) is 45.2 Å². The molecule has 1 atom stereocenters. The van der Waals surface area contributed by atoms with Crippen LogP contribution in [0.5, 0.6) is 0 Å². The molecule has 0 aliphatic heterocycles. The topological polar surface area (TPSA) is 65.8 Å². The number of thioether (sulfide) groups is 1. The number of hydrogen-bond donors (Lipinski definition) is 1. The molecule has 0 radical (unpaired) electrons. The largest absolute Gasteiger partial charge is 0.353 e. The molecule has 0 saturated heterocycles. The number of rotatable bonds is 5. The van der Waals surface area contributed by atoms with Gasteiger partial charge in [0.25, 0.3) is 0 Å². The van der Waals surface area contributed by atoms with Crippen LogP contribution < -0.4 is 5.32 Å². The van der Waals surface area contributed by atoms with Gasteiger partial charge >= 0.3 is 0 Å². The Balaban J connectivity index is 2.28. The summed E-state index contributed by atoms with van der Waals surface area (Å²) < 4.78 is 0. The Morgan fingerprint density at radius 1 is 1.39 bits per heavy atom. The summed E-state index contributed by atoms with van der Waals surface area (Å²) in [5, 5.41) is 13.9. The molecular weight excluding hydrogens is 306 g/mol. The van der Waals surface area contributed by atoms with Gasteiger partial charge in [-0.05, 0) is 44.4 Å². The number of hydrogen-bond acceptors (Lipinski definition) is 4. The minimum Gasteiger partial charge on any atom is -0.353 e. The van der Waals surface area contributed by atoms with E-state index in [4.69, 9.17) is 0 Å². The number of carbonyl (C=O) groups excluding carboxylic acids is 1. The number of nitriles is 1. The summed E-state index contributed by atoms with van der Waals surface area (Å²) in [5.74, 6) is 0.235. The third-order valence-corrected chi connectivity index (χ3v) is 4.84. The molecular formula is C18H21N3OS. The highest BCUT2D eigenvalue weighted by atomic mass is 32.2. The van der Waals surface area contributed by atoms with Gasteiger partial charge < -0.3 is 5.32 Å². The van der Waals surface area contributed by atoms with Crippen molar-refractivity contribution in [2.24, 2.45) is 0 Å². The predicted molar refractivity (Wildman–Crippen MR) is 94.6 cm³/mol. The maximum absolute atomic E-state index is 11.9. The molecule has 1 aromatic heterocycles. The Morgan fingerprint density at radius 3 is 2.74 bits per heavy atom. The maximum Gasteiger partial charge on any atom is 0.230 e. The van der Waals surface area contributed by atoms with Crippen LogP contribution in [0.1, 0.15) is 37.0 Å². The summed E-state index contributed by atoms with van der Waals surface area (Å²) in [5.41, 5.74) is 3.59. The van der Waals surface area contributed by atoms with Crippen LogP contribution in [-0.2, 0) is 4.79 Å². The molecule has 120 valence electrons. The molecule has 0 saturated carbocycles. The second-order valence-electron chi connectivity index (χ2n) is 5.71. The summed E-state index contributed by atoms with van der Waals surface area (Å²) >= 11 is 1.32. The van der Waals surface area contributed by atoms with Crippen LogP contribution in [0.2, 0.25) is 0 Å². The molecule has 1 heterocycles. The van der Waals surface area contributed by atoms with Crippen molar-refractivity contribution in [1.82, 2.24) is 10.3 Å². The van der Waals surface area contributed by atoms with Crippen molar-refractivity contribution >= 4 is 28.6 Å². The molecule has 1 aromatic carbocycles.